The van der Waals surface area contributed by atoms with E-state index in [0.29, 0.717) is 0 Å². The number of anilines is 1. The second-order valence-electron chi connectivity index (χ2n) is 8.05. The molecule has 1 amide bonds. The molecule has 1 aromatic rings. The largest absolute Gasteiger partial charge is 0.421 e. The van der Waals surface area contributed by atoms with Crippen molar-refractivity contribution < 1.29 is 31.2 Å². The van der Waals surface area contributed by atoms with Crippen molar-refractivity contribution >= 4 is 27.4 Å². The number of rotatable bonds is 3. The Hall–Kier alpha value is -2.40. The molecule has 11 heteroatoms. The van der Waals surface area contributed by atoms with Crippen molar-refractivity contribution in [2.75, 3.05) is 12.8 Å². The van der Waals surface area contributed by atoms with Crippen LogP contribution in [0.4, 0.5) is 18.9 Å². The predicted molar refractivity (Wildman–Crippen MR) is 97.8 cm³/mol. The Balaban J connectivity index is 2.22. The molecule has 1 atom stereocenters. The van der Waals surface area contributed by atoms with Gasteiger partial charge in [-0.1, -0.05) is 13.8 Å². The molecule has 3 N–H and O–H groups in total. The third kappa shape index (κ3) is 3.21. The summed E-state index contributed by atoms with van der Waals surface area (Å²) in [7, 11) is -3.71. The van der Waals surface area contributed by atoms with Crippen molar-refractivity contribution in [3.8, 4) is 0 Å². The van der Waals surface area contributed by atoms with E-state index in [1.165, 1.54) is 16.9 Å². The predicted octanol–water partition coefficient (Wildman–Crippen LogP) is 1.96. The van der Waals surface area contributed by atoms with Gasteiger partial charge in [0.2, 0.25) is 15.6 Å². The second kappa shape index (κ2) is 6.30. The third-order valence-corrected chi connectivity index (χ3v) is 6.63. The fourth-order valence-electron chi connectivity index (χ4n) is 3.80. The van der Waals surface area contributed by atoms with Gasteiger partial charge >= 0.3 is 6.18 Å². The first-order valence-electron chi connectivity index (χ1n) is 8.64. The first-order valence-corrected chi connectivity index (χ1v) is 10.1. The Labute approximate surface area is 165 Å². The lowest BCUT2D eigenvalue weighted by molar-refractivity contribution is -0.188. The summed E-state index contributed by atoms with van der Waals surface area (Å²) in [6.45, 7) is 3.39. The van der Waals surface area contributed by atoms with Gasteiger partial charge in [0.05, 0.1) is 10.5 Å². The lowest BCUT2D eigenvalue weighted by Gasteiger charge is -2.35. The van der Waals surface area contributed by atoms with Crippen molar-refractivity contribution in [1.29, 1.82) is 0 Å². The van der Waals surface area contributed by atoms with E-state index in [9.17, 15) is 31.2 Å². The van der Waals surface area contributed by atoms with Gasteiger partial charge in [-0.3, -0.25) is 9.59 Å². The summed E-state index contributed by atoms with van der Waals surface area (Å²) in [5, 5.41) is 0. The minimum absolute atomic E-state index is 0.0255. The van der Waals surface area contributed by atoms with E-state index in [4.69, 9.17) is 5.73 Å². The molecule has 3 rings (SSSR count). The topological polar surface area (TPSA) is 110 Å². The molecule has 0 bridgehead atoms. The van der Waals surface area contributed by atoms with Crippen LogP contribution >= 0.6 is 0 Å². The SMILES string of the molecule is CN1C(=O)C(NS(=O)(=O)c2ccc(N)cc2)(C(F)(F)F)C2=C1CC(C)(C)CC2=O. The number of carbonyl (C=O) groups excluding carboxylic acids is 2. The Bertz CT molecular complexity index is 1030. The summed E-state index contributed by atoms with van der Waals surface area (Å²) in [6, 6.07) is 4.45. The molecule has 0 fully saturated rings. The molecule has 29 heavy (non-hydrogen) atoms. The Morgan fingerprint density at radius 2 is 1.66 bits per heavy atom. The van der Waals surface area contributed by atoms with Crippen LogP contribution in [0.3, 0.4) is 0 Å². The summed E-state index contributed by atoms with van der Waals surface area (Å²) >= 11 is 0. The molecule has 0 saturated carbocycles. The van der Waals surface area contributed by atoms with E-state index in [1.54, 1.807) is 13.8 Å². The minimum atomic E-state index is -5.38. The highest BCUT2D eigenvalue weighted by molar-refractivity contribution is 7.89. The highest BCUT2D eigenvalue weighted by Crippen LogP contribution is 2.51. The lowest BCUT2D eigenvalue weighted by atomic mass is 9.72. The molecule has 0 aromatic heterocycles. The quantitative estimate of drug-likeness (QED) is 0.711. The fourth-order valence-corrected chi connectivity index (χ4v) is 5.12. The monoisotopic (exact) mass is 431 g/mol. The van der Waals surface area contributed by atoms with E-state index in [2.05, 4.69) is 0 Å². The van der Waals surface area contributed by atoms with Crippen LogP contribution in [0.2, 0.25) is 0 Å². The number of alkyl halides is 3. The molecule has 158 valence electrons. The molecular formula is C18H20F3N3O4S. The number of sulfonamides is 1. The summed E-state index contributed by atoms with van der Waals surface area (Å²) < 4.78 is 69.9. The zero-order valence-electron chi connectivity index (χ0n) is 15.9. The number of nitrogens with one attached hydrogen (secondary N) is 1. The van der Waals surface area contributed by atoms with Crippen LogP contribution in [0.5, 0.6) is 0 Å². The second-order valence-corrected chi connectivity index (χ2v) is 9.73. The number of hydrogen-bond acceptors (Lipinski definition) is 5. The molecule has 2 aliphatic rings. The third-order valence-electron chi connectivity index (χ3n) is 5.16. The number of ketones is 1. The van der Waals surface area contributed by atoms with E-state index in [0.717, 1.165) is 24.1 Å². The molecule has 0 saturated heterocycles. The first kappa shape index (κ1) is 21.3. The number of carbonyl (C=O) groups is 2. The number of hydrogen-bond donors (Lipinski definition) is 2. The van der Waals surface area contributed by atoms with Gasteiger partial charge in [-0.05, 0) is 36.1 Å². The summed E-state index contributed by atoms with van der Waals surface area (Å²) in [4.78, 5) is 25.8. The van der Waals surface area contributed by atoms with Crippen LogP contribution in [-0.4, -0.2) is 43.8 Å². The number of likely N-dealkylation sites (N-methyl/N-ethyl adjacent to an activating group) is 1. The van der Waals surface area contributed by atoms with Crippen LogP contribution in [0.15, 0.2) is 40.4 Å². The number of nitrogens with two attached hydrogens (primary N) is 1. The molecular weight excluding hydrogens is 411 g/mol. The lowest BCUT2D eigenvalue weighted by Crippen LogP contribution is -2.65. The number of amides is 1. The normalized spacial score (nSPS) is 24.8. The van der Waals surface area contributed by atoms with Crippen LogP contribution in [0.1, 0.15) is 26.7 Å². The van der Waals surface area contributed by atoms with E-state index in [-0.39, 0.29) is 24.2 Å². The Kier molecular flexibility index (Phi) is 4.63. The standard InChI is InChI=1S/C18H20F3N3O4S/c1-16(2)8-12-14(13(25)9-16)17(18(19,20)21,15(26)24(12)3)23-29(27,28)11-6-4-10(22)5-7-11/h4-7,23H,8-9,22H2,1-3H3. The molecule has 1 aromatic carbocycles. The number of Topliss-reactive ketones (excluding diaryl/α,β-unsaturated/α-hetero) is 1. The molecule has 1 heterocycles. The van der Waals surface area contributed by atoms with Crippen LogP contribution in [0, 0.1) is 5.41 Å². The van der Waals surface area contributed by atoms with Gasteiger partial charge in [-0.15, -0.1) is 0 Å². The van der Waals surface area contributed by atoms with Crippen LogP contribution in [0.25, 0.3) is 0 Å². The molecule has 1 aliphatic carbocycles. The summed E-state index contributed by atoms with van der Waals surface area (Å²) in [6.07, 6.45) is -5.60. The molecule has 7 nitrogen and oxygen atoms in total. The molecule has 0 spiro atoms. The van der Waals surface area contributed by atoms with Gasteiger partial charge in [0, 0.05) is 24.9 Å². The van der Waals surface area contributed by atoms with Gasteiger partial charge in [0.15, 0.2) is 5.78 Å². The number of halogens is 3. The fraction of sp³-hybridized carbons (Fsp3) is 0.444. The van der Waals surface area contributed by atoms with Crippen molar-refractivity contribution in [3.05, 3.63) is 35.5 Å². The summed E-state index contributed by atoms with van der Waals surface area (Å²) in [5.41, 5.74) is 0.393. The van der Waals surface area contributed by atoms with Gasteiger partial charge in [0.1, 0.15) is 0 Å². The highest BCUT2D eigenvalue weighted by Gasteiger charge is 2.71. The molecule has 1 unspecified atom stereocenters. The average molecular weight is 431 g/mol. The average Bonchev–Trinajstić information content (AvgIpc) is 2.76. The number of nitrogens with zero attached hydrogens (tertiary/aromatic N) is 1. The van der Waals surface area contributed by atoms with Gasteiger partial charge in [-0.2, -0.15) is 17.9 Å². The number of nitrogen functional groups attached to an aromatic ring is 1. The maximum atomic E-state index is 14.3. The molecule has 0 radical (unpaired) electrons. The van der Waals surface area contributed by atoms with E-state index >= 15 is 0 Å². The van der Waals surface area contributed by atoms with Gasteiger partial charge < -0.3 is 10.6 Å². The van der Waals surface area contributed by atoms with E-state index < -0.39 is 49.3 Å². The van der Waals surface area contributed by atoms with Crippen molar-refractivity contribution in [3.63, 3.8) is 0 Å². The Morgan fingerprint density at radius 1 is 1.10 bits per heavy atom. The van der Waals surface area contributed by atoms with Crippen LogP contribution < -0.4 is 10.5 Å². The van der Waals surface area contributed by atoms with Gasteiger partial charge in [-0.25, -0.2) is 8.42 Å². The summed E-state index contributed by atoms with van der Waals surface area (Å²) in [5.74, 6) is -2.47. The van der Waals surface area contributed by atoms with Crippen molar-refractivity contribution in [1.82, 2.24) is 9.62 Å². The number of allylic oxidation sites excluding steroid dienone is 1. The van der Waals surface area contributed by atoms with Crippen molar-refractivity contribution in [2.45, 2.75) is 43.3 Å². The molecule has 1 aliphatic heterocycles. The van der Waals surface area contributed by atoms with Crippen LogP contribution in [-0.2, 0) is 19.6 Å². The van der Waals surface area contributed by atoms with Gasteiger partial charge in [0.25, 0.3) is 5.91 Å². The Morgan fingerprint density at radius 3 is 2.17 bits per heavy atom. The number of benzene rings is 1. The first-order chi connectivity index (χ1) is 13.1. The highest BCUT2D eigenvalue weighted by atomic mass is 32.2. The van der Waals surface area contributed by atoms with Crippen molar-refractivity contribution in [2.24, 2.45) is 5.41 Å². The maximum Gasteiger partial charge on any atom is 0.421 e. The minimum Gasteiger partial charge on any atom is -0.399 e. The zero-order valence-corrected chi connectivity index (χ0v) is 16.7. The maximum absolute atomic E-state index is 14.3. The van der Waals surface area contributed by atoms with E-state index in [1.807, 2.05) is 0 Å². The smallest absolute Gasteiger partial charge is 0.399 e. The zero-order chi connectivity index (χ0) is 22.0.